The van der Waals surface area contributed by atoms with E-state index in [9.17, 15) is 4.79 Å². The predicted molar refractivity (Wildman–Crippen MR) is 120 cm³/mol. The summed E-state index contributed by atoms with van der Waals surface area (Å²) < 4.78 is 5.44. The number of hydrogen-bond donors (Lipinski definition) is 1. The normalized spacial score (nSPS) is 15.6. The van der Waals surface area contributed by atoms with Gasteiger partial charge < -0.3 is 15.0 Å². The Kier molecular flexibility index (Phi) is 6.11. The van der Waals surface area contributed by atoms with E-state index in [2.05, 4.69) is 33.4 Å². The third-order valence-corrected chi connectivity index (χ3v) is 6.22. The molecule has 3 aromatic rings. The number of anilines is 2. The van der Waals surface area contributed by atoms with Crippen LogP contribution in [0.4, 0.5) is 10.9 Å². The molecule has 1 fully saturated rings. The molecule has 3 heterocycles. The van der Waals surface area contributed by atoms with Gasteiger partial charge in [-0.25, -0.2) is 9.97 Å². The van der Waals surface area contributed by atoms with Crippen LogP contribution in [0.3, 0.4) is 0 Å². The van der Waals surface area contributed by atoms with Gasteiger partial charge in [-0.1, -0.05) is 50.2 Å². The van der Waals surface area contributed by atoms with Gasteiger partial charge >= 0.3 is 0 Å². The molecule has 1 N–H and O–H groups in total. The lowest BCUT2D eigenvalue weighted by molar-refractivity contribution is -0.124. The molecule has 0 saturated carbocycles. The summed E-state index contributed by atoms with van der Waals surface area (Å²) in [6.07, 6.45) is 3.59. The minimum atomic E-state index is -0.713. The molecule has 1 aromatic carbocycles. The van der Waals surface area contributed by atoms with E-state index in [1.807, 2.05) is 49.7 Å². The van der Waals surface area contributed by atoms with Crippen molar-refractivity contribution >= 4 is 28.2 Å². The Morgan fingerprint density at radius 3 is 2.50 bits per heavy atom. The van der Waals surface area contributed by atoms with Gasteiger partial charge in [0, 0.05) is 36.8 Å². The standard InChI is InChI=1S/C23H26N4O2S/c1-23(2,21(28)26-22-24-10-15-30-22)20(17-6-4-3-5-7-17)18-8-9-19(25-16-18)27-11-13-29-14-12-27/h3-10,15-16,20H,11-14H2,1-2H3,(H,24,26,28). The highest BCUT2D eigenvalue weighted by atomic mass is 32.1. The molecular formula is C23H26N4O2S. The molecule has 0 aliphatic carbocycles. The molecule has 1 atom stereocenters. The predicted octanol–water partition coefficient (Wildman–Crippen LogP) is 4.17. The van der Waals surface area contributed by atoms with Crippen LogP contribution in [0, 0.1) is 5.41 Å². The second-order valence-corrected chi connectivity index (χ2v) is 8.80. The minimum Gasteiger partial charge on any atom is -0.378 e. The quantitative estimate of drug-likeness (QED) is 0.646. The van der Waals surface area contributed by atoms with Crippen LogP contribution >= 0.6 is 11.3 Å². The fourth-order valence-electron chi connectivity index (χ4n) is 3.89. The third kappa shape index (κ3) is 4.37. The average molecular weight is 423 g/mol. The molecule has 156 valence electrons. The lowest BCUT2D eigenvalue weighted by Crippen LogP contribution is -2.37. The summed E-state index contributed by atoms with van der Waals surface area (Å²) in [5, 5.41) is 5.44. The maximum atomic E-state index is 13.2. The number of nitrogens with zero attached hydrogens (tertiary/aromatic N) is 3. The summed E-state index contributed by atoms with van der Waals surface area (Å²) >= 11 is 1.42. The Bertz CT molecular complexity index is 953. The van der Waals surface area contributed by atoms with E-state index in [-0.39, 0.29) is 11.8 Å². The van der Waals surface area contributed by atoms with Crippen molar-refractivity contribution < 1.29 is 9.53 Å². The van der Waals surface area contributed by atoms with Gasteiger partial charge in [-0.3, -0.25) is 4.79 Å². The monoisotopic (exact) mass is 422 g/mol. The van der Waals surface area contributed by atoms with Gasteiger partial charge in [-0.2, -0.15) is 0 Å². The first-order chi connectivity index (χ1) is 14.6. The molecule has 1 unspecified atom stereocenters. The van der Waals surface area contributed by atoms with Gasteiger partial charge in [0.2, 0.25) is 5.91 Å². The first-order valence-corrected chi connectivity index (χ1v) is 11.0. The summed E-state index contributed by atoms with van der Waals surface area (Å²) in [6.45, 7) is 7.08. The van der Waals surface area contributed by atoms with E-state index in [4.69, 9.17) is 9.72 Å². The number of ether oxygens (including phenoxy) is 1. The van der Waals surface area contributed by atoms with Gasteiger partial charge in [-0.05, 0) is 17.2 Å². The number of amides is 1. The van der Waals surface area contributed by atoms with Crippen LogP contribution in [0.25, 0.3) is 0 Å². The SMILES string of the molecule is CC(C)(C(=O)Nc1nccs1)C(c1ccccc1)c1ccc(N2CCOCC2)nc1. The molecule has 0 radical (unpaired) electrons. The first kappa shape index (κ1) is 20.5. The number of morpholine rings is 1. The Morgan fingerprint density at radius 1 is 1.10 bits per heavy atom. The van der Waals surface area contributed by atoms with Gasteiger partial charge in [0.25, 0.3) is 0 Å². The molecule has 1 aliphatic rings. The lowest BCUT2D eigenvalue weighted by Gasteiger charge is -2.34. The Morgan fingerprint density at radius 2 is 1.87 bits per heavy atom. The Balaban J connectivity index is 1.65. The topological polar surface area (TPSA) is 67.4 Å². The van der Waals surface area contributed by atoms with Crippen LogP contribution in [0.5, 0.6) is 0 Å². The number of rotatable bonds is 6. The summed E-state index contributed by atoms with van der Waals surface area (Å²) in [7, 11) is 0. The fourth-order valence-corrected chi connectivity index (χ4v) is 4.42. The molecule has 1 aliphatic heterocycles. The first-order valence-electron chi connectivity index (χ1n) is 10.1. The highest BCUT2D eigenvalue weighted by molar-refractivity contribution is 7.13. The molecule has 1 saturated heterocycles. The van der Waals surface area contributed by atoms with Crippen molar-refractivity contribution in [3.05, 3.63) is 71.4 Å². The zero-order valence-corrected chi connectivity index (χ0v) is 18.1. The number of benzene rings is 1. The van der Waals surface area contributed by atoms with E-state index in [1.54, 1.807) is 6.20 Å². The zero-order chi connectivity index (χ0) is 21.0. The number of thiazole rings is 1. The second-order valence-electron chi connectivity index (χ2n) is 7.91. The Labute approximate surface area is 180 Å². The molecule has 1 amide bonds. The van der Waals surface area contributed by atoms with Gasteiger partial charge in [-0.15, -0.1) is 11.3 Å². The maximum Gasteiger partial charge on any atom is 0.232 e. The van der Waals surface area contributed by atoms with E-state index < -0.39 is 5.41 Å². The maximum absolute atomic E-state index is 13.2. The summed E-state index contributed by atoms with van der Waals surface area (Å²) in [5.74, 6) is 0.729. The molecule has 0 bridgehead atoms. The smallest absolute Gasteiger partial charge is 0.232 e. The van der Waals surface area contributed by atoms with E-state index in [1.165, 1.54) is 11.3 Å². The molecular weight excluding hydrogens is 396 g/mol. The van der Waals surface area contributed by atoms with Gasteiger partial charge in [0.15, 0.2) is 5.13 Å². The van der Waals surface area contributed by atoms with E-state index >= 15 is 0 Å². The minimum absolute atomic E-state index is 0.0661. The fraction of sp³-hybridized carbons (Fsp3) is 0.348. The second kappa shape index (κ2) is 8.93. The van der Waals surface area contributed by atoms with Crippen molar-refractivity contribution in [3.8, 4) is 0 Å². The molecule has 4 rings (SSSR count). The molecule has 30 heavy (non-hydrogen) atoms. The van der Waals surface area contributed by atoms with Crippen molar-refractivity contribution in [1.82, 2.24) is 9.97 Å². The lowest BCUT2D eigenvalue weighted by atomic mass is 9.71. The largest absolute Gasteiger partial charge is 0.378 e. The summed E-state index contributed by atoms with van der Waals surface area (Å²) in [4.78, 5) is 24.4. The van der Waals surface area contributed by atoms with Crippen LogP contribution < -0.4 is 10.2 Å². The van der Waals surface area contributed by atoms with Crippen LogP contribution in [-0.4, -0.2) is 42.2 Å². The van der Waals surface area contributed by atoms with Crippen molar-refractivity contribution in [3.63, 3.8) is 0 Å². The van der Waals surface area contributed by atoms with Crippen molar-refractivity contribution in [2.75, 3.05) is 36.5 Å². The van der Waals surface area contributed by atoms with Crippen molar-refractivity contribution in [2.24, 2.45) is 5.41 Å². The number of hydrogen-bond acceptors (Lipinski definition) is 6. The van der Waals surface area contributed by atoms with Gasteiger partial charge in [0.1, 0.15) is 5.82 Å². The molecule has 0 spiro atoms. The highest BCUT2D eigenvalue weighted by Gasteiger charge is 2.39. The Hall–Kier alpha value is -2.77. The summed E-state index contributed by atoms with van der Waals surface area (Å²) in [6, 6.07) is 14.3. The van der Waals surface area contributed by atoms with Crippen LogP contribution in [-0.2, 0) is 9.53 Å². The number of aromatic nitrogens is 2. The van der Waals surface area contributed by atoms with Crippen molar-refractivity contribution in [2.45, 2.75) is 19.8 Å². The molecule has 2 aromatic heterocycles. The summed E-state index contributed by atoms with van der Waals surface area (Å²) in [5.41, 5.74) is 1.38. The average Bonchev–Trinajstić information content (AvgIpc) is 3.29. The van der Waals surface area contributed by atoms with Gasteiger partial charge in [0.05, 0.1) is 18.6 Å². The van der Waals surface area contributed by atoms with Crippen LogP contribution in [0.2, 0.25) is 0 Å². The number of carbonyl (C=O) groups excluding carboxylic acids is 1. The number of carbonyl (C=O) groups is 1. The number of pyridine rings is 1. The molecule has 7 heteroatoms. The van der Waals surface area contributed by atoms with E-state index in [0.717, 1.165) is 43.2 Å². The van der Waals surface area contributed by atoms with Crippen LogP contribution in [0.1, 0.15) is 30.9 Å². The van der Waals surface area contributed by atoms with Crippen LogP contribution in [0.15, 0.2) is 60.2 Å². The van der Waals surface area contributed by atoms with Crippen molar-refractivity contribution in [1.29, 1.82) is 0 Å². The zero-order valence-electron chi connectivity index (χ0n) is 17.2. The molecule has 6 nitrogen and oxygen atoms in total. The highest BCUT2D eigenvalue weighted by Crippen LogP contribution is 2.42. The number of nitrogens with one attached hydrogen (secondary N) is 1. The third-order valence-electron chi connectivity index (χ3n) is 5.53. The van der Waals surface area contributed by atoms with E-state index in [0.29, 0.717) is 5.13 Å².